The Bertz CT molecular complexity index is 727. The van der Waals surface area contributed by atoms with Crippen molar-refractivity contribution in [2.75, 3.05) is 23.8 Å². The van der Waals surface area contributed by atoms with Crippen LogP contribution in [0.15, 0.2) is 42.5 Å². The van der Waals surface area contributed by atoms with E-state index in [4.69, 9.17) is 10.5 Å². The number of carbonyl (C=O) groups excluding carboxylic acids is 1. The summed E-state index contributed by atoms with van der Waals surface area (Å²) in [4.78, 5) is 14.4. The minimum Gasteiger partial charge on any atom is -0.491 e. The molecule has 0 radical (unpaired) electrons. The van der Waals surface area contributed by atoms with Gasteiger partial charge in [0.1, 0.15) is 5.75 Å². The van der Waals surface area contributed by atoms with Crippen LogP contribution in [0.3, 0.4) is 0 Å². The molecule has 4 nitrogen and oxygen atoms in total. The first kappa shape index (κ1) is 16.4. The number of amides is 1. The SMILES string of the molecule is CCCOc1ccc(CCC(=O)N2CCc3ccccc32)cc1N. The maximum absolute atomic E-state index is 12.5. The van der Waals surface area contributed by atoms with Crippen molar-refractivity contribution in [2.45, 2.75) is 32.6 Å². The lowest BCUT2D eigenvalue weighted by atomic mass is 10.1. The lowest BCUT2D eigenvalue weighted by Crippen LogP contribution is -2.29. The second-order valence-corrected chi connectivity index (χ2v) is 6.14. The number of benzene rings is 2. The van der Waals surface area contributed by atoms with Crippen LogP contribution in [0.25, 0.3) is 0 Å². The zero-order valence-corrected chi connectivity index (χ0v) is 14.1. The highest BCUT2D eigenvalue weighted by Crippen LogP contribution is 2.28. The van der Waals surface area contributed by atoms with Crippen LogP contribution in [0, 0.1) is 0 Å². The second kappa shape index (κ2) is 7.39. The fourth-order valence-corrected chi connectivity index (χ4v) is 3.08. The summed E-state index contributed by atoms with van der Waals surface area (Å²) in [5.74, 6) is 0.894. The number of para-hydroxylation sites is 1. The van der Waals surface area contributed by atoms with Crippen molar-refractivity contribution in [2.24, 2.45) is 0 Å². The molecule has 3 rings (SSSR count). The van der Waals surface area contributed by atoms with E-state index in [0.717, 1.165) is 36.4 Å². The van der Waals surface area contributed by atoms with Crippen molar-refractivity contribution >= 4 is 17.3 Å². The first-order valence-electron chi connectivity index (χ1n) is 8.58. The Balaban J connectivity index is 1.60. The van der Waals surface area contributed by atoms with Gasteiger partial charge >= 0.3 is 0 Å². The Kier molecular flexibility index (Phi) is 5.04. The average molecular weight is 324 g/mol. The third-order valence-electron chi connectivity index (χ3n) is 4.35. The van der Waals surface area contributed by atoms with Gasteiger partial charge in [0.15, 0.2) is 0 Å². The molecule has 2 aromatic carbocycles. The van der Waals surface area contributed by atoms with E-state index in [-0.39, 0.29) is 5.91 Å². The number of nitrogens with two attached hydrogens (primary N) is 1. The van der Waals surface area contributed by atoms with Crippen LogP contribution >= 0.6 is 0 Å². The molecule has 0 aliphatic carbocycles. The maximum Gasteiger partial charge on any atom is 0.227 e. The number of rotatable bonds is 6. The first-order chi connectivity index (χ1) is 11.7. The van der Waals surface area contributed by atoms with E-state index in [9.17, 15) is 4.79 Å². The van der Waals surface area contributed by atoms with Gasteiger partial charge in [-0.05, 0) is 48.6 Å². The summed E-state index contributed by atoms with van der Waals surface area (Å²) >= 11 is 0. The van der Waals surface area contributed by atoms with Gasteiger partial charge < -0.3 is 15.4 Å². The number of fused-ring (bicyclic) bond motifs is 1. The molecule has 0 saturated heterocycles. The van der Waals surface area contributed by atoms with Crippen LogP contribution in [-0.2, 0) is 17.6 Å². The van der Waals surface area contributed by atoms with Gasteiger partial charge in [0.2, 0.25) is 5.91 Å². The molecule has 1 heterocycles. The number of ether oxygens (including phenoxy) is 1. The lowest BCUT2D eigenvalue weighted by molar-refractivity contribution is -0.118. The minimum absolute atomic E-state index is 0.171. The smallest absolute Gasteiger partial charge is 0.227 e. The third kappa shape index (κ3) is 3.53. The van der Waals surface area contributed by atoms with Crippen molar-refractivity contribution < 1.29 is 9.53 Å². The normalized spacial score (nSPS) is 13.0. The van der Waals surface area contributed by atoms with Crippen LogP contribution in [0.4, 0.5) is 11.4 Å². The molecule has 1 aliphatic heterocycles. The monoisotopic (exact) mass is 324 g/mol. The number of hydrogen-bond acceptors (Lipinski definition) is 3. The van der Waals surface area contributed by atoms with E-state index in [1.807, 2.05) is 41.3 Å². The number of carbonyl (C=O) groups is 1. The van der Waals surface area contributed by atoms with Gasteiger partial charge in [0.25, 0.3) is 0 Å². The summed E-state index contributed by atoms with van der Waals surface area (Å²) in [7, 11) is 0. The molecule has 0 fully saturated rings. The fraction of sp³-hybridized carbons (Fsp3) is 0.350. The zero-order valence-electron chi connectivity index (χ0n) is 14.1. The zero-order chi connectivity index (χ0) is 16.9. The predicted molar refractivity (Wildman–Crippen MR) is 97.5 cm³/mol. The number of nitrogen functional groups attached to an aromatic ring is 1. The molecule has 0 saturated carbocycles. The van der Waals surface area contributed by atoms with Gasteiger partial charge in [-0.2, -0.15) is 0 Å². The summed E-state index contributed by atoms with van der Waals surface area (Å²) in [6.07, 6.45) is 3.07. The molecule has 4 heteroatoms. The van der Waals surface area contributed by atoms with Gasteiger partial charge in [-0.3, -0.25) is 4.79 Å². The quantitative estimate of drug-likeness (QED) is 0.826. The summed E-state index contributed by atoms with van der Waals surface area (Å²) < 4.78 is 5.59. The molecular weight excluding hydrogens is 300 g/mol. The summed E-state index contributed by atoms with van der Waals surface area (Å²) in [6, 6.07) is 13.9. The Morgan fingerprint density at radius 2 is 2.08 bits per heavy atom. The largest absolute Gasteiger partial charge is 0.491 e. The molecule has 1 amide bonds. The van der Waals surface area contributed by atoms with E-state index in [1.165, 1.54) is 5.56 Å². The molecule has 126 valence electrons. The molecule has 2 aromatic rings. The van der Waals surface area contributed by atoms with E-state index in [0.29, 0.717) is 25.1 Å². The molecule has 0 unspecified atom stereocenters. The minimum atomic E-state index is 0.171. The van der Waals surface area contributed by atoms with Crippen molar-refractivity contribution in [3.8, 4) is 5.75 Å². The maximum atomic E-state index is 12.5. The van der Waals surface area contributed by atoms with Crippen molar-refractivity contribution in [1.82, 2.24) is 0 Å². The number of nitrogens with zero attached hydrogens (tertiary/aromatic N) is 1. The molecule has 0 aromatic heterocycles. The topological polar surface area (TPSA) is 55.6 Å². The predicted octanol–water partition coefficient (Wildman–Crippen LogP) is 3.58. The summed E-state index contributed by atoms with van der Waals surface area (Å²) in [6.45, 7) is 3.51. The standard InChI is InChI=1S/C20H24N2O2/c1-2-13-24-19-9-7-15(14-17(19)21)8-10-20(23)22-12-11-16-5-3-4-6-18(16)22/h3-7,9,14H,2,8,10-13,21H2,1H3. The average Bonchev–Trinajstić information content (AvgIpc) is 3.03. The Morgan fingerprint density at radius 1 is 1.25 bits per heavy atom. The number of anilines is 2. The summed E-state index contributed by atoms with van der Waals surface area (Å²) in [5, 5.41) is 0. The number of hydrogen-bond donors (Lipinski definition) is 1. The van der Waals surface area contributed by atoms with E-state index >= 15 is 0 Å². The fourth-order valence-electron chi connectivity index (χ4n) is 3.08. The van der Waals surface area contributed by atoms with Crippen molar-refractivity contribution in [1.29, 1.82) is 0 Å². The highest BCUT2D eigenvalue weighted by Gasteiger charge is 2.23. The third-order valence-corrected chi connectivity index (χ3v) is 4.35. The molecule has 0 bridgehead atoms. The molecule has 0 spiro atoms. The number of aryl methyl sites for hydroxylation is 1. The first-order valence-corrected chi connectivity index (χ1v) is 8.58. The highest BCUT2D eigenvalue weighted by molar-refractivity contribution is 5.95. The van der Waals surface area contributed by atoms with Crippen molar-refractivity contribution in [3.63, 3.8) is 0 Å². The molecule has 24 heavy (non-hydrogen) atoms. The van der Waals surface area contributed by atoms with Gasteiger partial charge in [-0.1, -0.05) is 31.2 Å². The molecule has 1 aliphatic rings. The Hall–Kier alpha value is -2.49. The van der Waals surface area contributed by atoms with Crippen LogP contribution in [0.2, 0.25) is 0 Å². The van der Waals surface area contributed by atoms with Crippen LogP contribution in [0.5, 0.6) is 5.75 Å². The molecule has 0 atom stereocenters. The summed E-state index contributed by atoms with van der Waals surface area (Å²) in [5.41, 5.74) is 10.1. The highest BCUT2D eigenvalue weighted by atomic mass is 16.5. The van der Waals surface area contributed by atoms with Crippen LogP contribution in [0.1, 0.15) is 30.9 Å². The molecule has 2 N–H and O–H groups in total. The van der Waals surface area contributed by atoms with E-state index in [2.05, 4.69) is 13.0 Å². The van der Waals surface area contributed by atoms with Crippen molar-refractivity contribution in [3.05, 3.63) is 53.6 Å². The van der Waals surface area contributed by atoms with Gasteiger partial charge in [-0.25, -0.2) is 0 Å². The van der Waals surface area contributed by atoms with Gasteiger partial charge in [0.05, 0.1) is 12.3 Å². The Morgan fingerprint density at radius 3 is 2.88 bits per heavy atom. The van der Waals surface area contributed by atoms with Gasteiger partial charge in [0, 0.05) is 18.7 Å². The van der Waals surface area contributed by atoms with Crippen LogP contribution < -0.4 is 15.4 Å². The lowest BCUT2D eigenvalue weighted by Gasteiger charge is -2.17. The van der Waals surface area contributed by atoms with E-state index < -0.39 is 0 Å². The Labute approximate surface area is 143 Å². The van der Waals surface area contributed by atoms with E-state index in [1.54, 1.807) is 0 Å². The van der Waals surface area contributed by atoms with Crippen LogP contribution in [-0.4, -0.2) is 19.1 Å². The van der Waals surface area contributed by atoms with Gasteiger partial charge in [-0.15, -0.1) is 0 Å². The molecular formula is C20H24N2O2. The second-order valence-electron chi connectivity index (χ2n) is 6.14.